The van der Waals surface area contributed by atoms with Gasteiger partial charge in [-0.05, 0) is 65.8 Å². The molecule has 0 saturated carbocycles. The molecule has 37 heavy (non-hydrogen) atoms. The van der Waals surface area contributed by atoms with Gasteiger partial charge in [-0.25, -0.2) is 4.98 Å². The van der Waals surface area contributed by atoms with Gasteiger partial charge in [-0.1, -0.05) is 24.3 Å². The van der Waals surface area contributed by atoms with Crippen LogP contribution in [0.2, 0.25) is 0 Å². The molecule has 3 aromatic carbocycles. The summed E-state index contributed by atoms with van der Waals surface area (Å²) in [6, 6.07) is 23.0. The number of methoxy groups -OCH3 is 2. The van der Waals surface area contributed by atoms with Crippen LogP contribution in [-0.4, -0.2) is 35.5 Å². The molecule has 1 aliphatic heterocycles. The van der Waals surface area contributed by atoms with E-state index in [0.717, 1.165) is 22.4 Å². The lowest BCUT2D eigenvalue weighted by Crippen LogP contribution is -2.09. The van der Waals surface area contributed by atoms with E-state index in [0.29, 0.717) is 50.3 Å². The minimum Gasteiger partial charge on any atom is -0.497 e. The van der Waals surface area contributed by atoms with Crippen LogP contribution in [0.3, 0.4) is 0 Å². The SMILES string of the molecule is COc1ccc(-c2cc(-c3ccc4c(c3)OCO4)c3c(N)n(-c4ccccc4)c(=S)nc3n2)c(OC)c1. The zero-order valence-electron chi connectivity index (χ0n) is 20.1. The Bertz CT molecular complexity index is 1720. The number of hydrogen-bond acceptors (Lipinski definition) is 8. The molecule has 3 heterocycles. The number of nitrogens with two attached hydrogens (primary N) is 1. The Morgan fingerprint density at radius 1 is 0.865 bits per heavy atom. The first-order valence-corrected chi connectivity index (χ1v) is 11.9. The maximum atomic E-state index is 6.80. The van der Waals surface area contributed by atoms with Crippen LogP contribution in [0.4, 0.5) is 5.82 Å². The number of anilines is 1. The van der Waals surface area contributed by atoms with Gasteiger partial charge in [0.2, 0.25) is 11.6 Å². The van der Waals surface area contributed by atoms with Gasteiger partial charge in [0.15, 0.2) is 17.1 Å². The van der Waals surface area contributed by atoms with Crippen LogP contribution >= 0.6 is 12.2 Å². The average Bonchev–Trinajstić information content (AvgIpc) is 3.40. The number of benzene rings is 3. The van der Waals surface area contributed by atoms with E-state index in [9.17, 15) is 0 Å². The number of rotatable bonds is 5. The fourth-order valence-electron chi connectivity index (χ4n) is 4.49. The Kier molecular flexibility index (Phi) is 5.61. The van der Waals surface area contributed by atoms with E-state index in [1.54, 1.807) is 18.8 Å². The lowest BCUT2D eigenvalue weighted by Gasteiger charge is -2.17. The molecule has 0 atom stereocenters. The molecule has 0 bridgehead atoms. The van der Waals surface area contributed by atoms with Crippen LogP contribution in [0, 0.1) is 4.77 Å². The quantitative estimate of drug-likeness (QED) is 0.296. The first-order chi connectivity index (χ1) is 18.1. The molecule has 184 valence electrons. The number of aromatic nitrogens is 3. The summed E-state index contributed by atoms with van der Waals surface area (Å²) in [6.07, 6.45) is 0. The summed E-state index contributed by atoms with van der Waals surface area (Å²) in [5, 5.41) is 0.674. The summed E-state index contributed by atoms with van der Waals surface area (Å²) in [5.41, 5.74) is 11.2. The molecule has 1 aliphatic rings. The predicted octanol–water partition coefficient (Wildman–Crippen LogP) is 5.81. The van der Waals surface area contributed by atoms with Crippen LogP contribution in [0.1, 0.15) is 0 Å². The first kappa shape index (κ1) is 22.8. The number of pyridine rings is 1. The summed E-state index contributed by atoms with van der Waals surface area (Å²) in [4.78, 5) is 9.59. The molecule has 0 saturated heterocycles. The largest absolute Gasteiger partial charge is 0.497 e. The molecule has 0 radical (unpaired) electrons. The minimum atomic E-state index is 0.182. The fourth-order valence-corrected chi connectivity index (χ4v) is 4.78. The number of para-hydroxylation sites is 1. The molecule has 0 aliphatic carbocycles. The Labute approximate surface area is 217 Å². The highest BCUT2D eigenvalue weighted by Crippen LogP contribution is 2.42. The lowest BCUT2D eigenvalue weighted by atomic mass is 9.99. The van der Waals surface area contributed by atoms with Gasteiger partial charge in [-0.2, -0.15) is 4.98 Å². The summed E-state index contributed by atoms with van der Waals surface area (Å²) in [5.74, 6) is 3.08. The van der Waals surface area contributed by atoms with Gasteiger partial charge in [-0.3, -0.25) is 4.57 Å². The lowest BCUT2D eigenvalue weighted by molar-refractivity contribution is 0.174. The highest BCUT2D eigenvalue weighted by Gasteiger charge is 2.21. The van der Waals surface area contributed by atoms with Crippen molar-refractivity contribution in [2.75, 3.05) is 26.7 Å². The standard InChI is InChI=1S/C28H22N4O4S/c1-33-18-9-10-19(23(13-18)34-2)21-14-20(16-8-11-22-24(12-16)36-15-35-22)25-26(29)32(17-6-4-3-5-7-17)28(37)31-27(25)30-21/h3-14H,15,29H2,1-2H3. The summed E-state index contributed by atoms with van der Waals surface area (Å²) in [6.45, 7) is 0.182. The molecular formula is C28H22N4O4S. The van der Waals surface area contributed by atoms with E-state index in [-0.39, 0.29) is 6.79 Å². The molecule has 0 unspecified atom stereocenters. The van der Waals surface area contributed by atoms with E-state index in [1.807, 2.05) is 72.8 Å². The number of fused-ring (bicyclic) bond motifs is 2. The minimum absolute atomic E-state index is 0.182. The zero-order chi connectivity index (χ0) is 25.5. The second-order valence-electron chi connectivity index (χ2n) is 8.34. The molecule has 0 spiro atoms. The number of nitrogen functional groups attached to an aromatic ring is 1. The first-order valence-electron chi connectivity index (χ1n) is 11.5. The Hall–Kier alpha value is -4.63. The smallest absolute Gasteiger partial charge is 0.231 e. The van der Waals surface area contributed by atoms with Crippen LogP contribution in [-0.2, 0) is 0 Å². The third kappa shape index (κ3) is 3.89. The van der Waals surface area contributed by atoms with Crippen LogP contribution < -0.4 is 24.7 Å². The predicted molar refractivity (Wildman–Crippen MR) is 144 cm³/mol. The van der Waals surface area contributed by atoms with Gasteiger partial charge in [0.05, 0.1) is 25.3 Å². The van der Waals surface area contributed by atoms with Crippen LogP contribution in [0.15, 0.2) is 72.8 Å². The summed E-state index contributed by atoms with van der Waals surface area (Å²) < 4.78 is 24.3. The van der Waals surface area contributed by atoms with E-state index in [2.05, 4.69) is 0 Å². The molecular weight excluding hydrogens is 488 g/mol. The monoisotopic (exact) mass is 510 g/mol. The topological polar surface area (TPSA) is 93.7 Å². The molecule has 6 rings (SSSR count). The summed E-state index contributed by atoms with van der Waals surface area (Å²) >= 11 is 5.67. The van der Waals surface area contributed by atoms with Crippen molar-refractivity contribution in [2.24, 2.45) is 0 Å². The van der Waals surface area contributed by atoms with Crippen LogP contribution in [0.25, 0.3) is 39.1 Å². The maximum absolute atomic E-state index is 6.80. The Balaban J connectivity index is 1.67. The van der Waals surface area contributed by atoms with Crippen molar-refractivity contribution < 1.29 is 18.9 Å². The summed E-state index contributed by atoms with van der Waals surface area (Å²) in [7, 11) is 3.22. The van der Waals surface area contributed by atoms with Crippen molar-refractivity contribution >= 4 is 29.1 Å². The number of hydrogen-bond donors (Lipinski definition) is 1. The van der Waals surface area contributed by atoms with Gasteiger partial charge < -0.3 is 24.7 Å². The van der Waals surface area contributed by atoms with Gasteiger partial charge in [-0.15, -0.1) is 0 Å². The second kappa shape index (κ2) is 9.11. The van der Waals surface area contributed by atoms with Crippen molar-refractivity contribution in [1.82, 2.24) is 14.5 Å². The van der Waals surface area contributed by atoms with E-state index in [4.69, 9.17) is 46.9 Å². The Morgan fingerprint density at radius 2 is 1.68 bits per heavy atom. The molecule has 0 amide bonds. The molecule has 5 aromatic rings. The van der Waals surface area contributed by atoms with Crippen molar-refractivity contribution in [1.29, 1.82) is 0 Å². The third-order valence-electron chi connectivity index (χ3n) is 6.27. The molecule has 2 N–H and O–H groups in total. The van der Waals surface area contributed by atoms with Gasteiger partial charge in [0.1, 0.15) is 17.3 Å². The van der Waals surface area contributed by atoms with E-state index < -0.39 is 0 Å². The second-order valence-corrected chi connectivity index (χ2v) is 8.70. The molecule has 0 fully saturated rings. The van der Waals surface area contributed by atoms with Crippen molar-refractivity contribution in [3.63, 3.8) is 0 Å². The average molecular weight is 511 g/mol. The highest BCUT2D eigenvalue weighted by molar-refractivity contribution is 7.71. The van der Waals surface area contributed by atoms with E-state index in [1.165, 1.54) is 0 Å². The van der Waals surface area contributed by atoms with Crippen LogP contribution in [0.5, 0.6) is 23.0 Å². The van der Waals surface area contributed by atoms with Crippen molar-refractivity contribution in [2.45, 2.75) is 0 Å². The molecule has 9 heteroatoms. The van der Waals surface area contributed by atoms with Crippen molar-refractivity contribution in [3.8, 4) is 51.1 Å². The molecule has 8 nitrogen and oxygen atoms in total. The normalized spacial score (nSPS) is 12.1. The number of nitrogens with zero attached hydrogens (tertiary/aromatic N) is 3. The number of ether oxygens (including phenoxy) is 4. The zero-order valence-corrected chi connectivity index (χ0v) is 20.9. The fraction of sp³-hybridized carbons (Fsp3) is 0.107. The van der Waals surface area contributed by atoms with Gasteiger partial charge in [0.25, 0.3) is 0 Å². The highest BCUT2D eigenvalue weighted by atomic mass is 32.1. The van der Waals surface area contributed by atoms with Gasteiger partial charge >= 0.3 is 0 Å². The van der Waals surface area contributed by atoms with Crippen molar-refractivity contribution in [3.05, 3.63) is 77.6 Å². The Morgan fingerprint density at radius 3 is 2.46 bits per heavy atom. The van der Waals surface area contributed by atoms with E-state index >= 15 is 0 Å². The maximum Gasteiger partial charge on any atom is 0.231 e. The molecule has 2 aromatic heterocycles. The van der Waals surface area contributed by atoms with Gasteiger partial charge in [0, 0.05) is 17.3 Å². The third-order valence-corrected chi connectivity index (χ3v) is 6.55.